The van der Waals surface area contributed by atoms with E-state index in [0.717, 1.165) is 5.69 Å². The van der Waals surface area contributed by atoms with E-state index in [4.69, 9.17) is 9.84 Å². The summed E-state index contributed by atoms with van der Waals surface area (Å²) < 4.78 is 4.77. The number of carbonyl (C=O) groups is 3. The molecule has 0 spiro atoms. The van der Waals surface area contributed by atoms with Crippen molar-refractivity contribution in [1.82, 2.24) is 15.1 Å². The van der Waals surface area contributed by atoms with Gasteiger partial charge in [0.25, 0.3) is 0 Å². The molecule has 0 fully saturated rings. The highest BCUT2D eigenvalue weighted by Gasteiger charge is 2.27. The number of carboxylic acid groups (broad SMARTS) is 1. The van der Waals surface area contributed by atoms with Crippen LogP contribution >= 0.6 is 0 Å². The second kappa shape index (κ2) is 6.38. The summed E-state index contributed by atoms with van der Waals surface area (Å²) in [7, 11) is 0. The Morgan fingerprint density at radius 1 is 1.38 bits per heavy atom. The lowest BCUT2D eigenvalue weighted by Crippen LogP contribution is -2.36. The zero-order chi connectivity index (χ0) is 15.4. The summed E-state index contributed by atoms with van der Waals surface area (Å²) in [4.78, 5) is 35.9. The first-order valence-electron chi connectivity index (χ1n) is 6.75. The van der Waals surface area contributed by atoms with E-state index in [1.165, 1.54) is 0 Å². The first-order valence-corrected chi connectivity index (χ1v) is 6.75. The van der Waals surface area contributed by atoms with E-state index >= 15 is 0 Å². The van der Waals surface area contributed by atoms with Crippen LogP contribution in [0.1, 0.15) is 41.5 Å². The number of carbonyl (C=O) groups excluding carboxylic acids is 2. The van der Waals surface area contributed by atoms with E-state index in [2.05, 4.69) is 10.2 Å². The molecular weight excluding hydrogens is 278 g/mol. The summed E-state index contributed by atoms with van der Waals surface area (Å²) in [6, 6.07) is 0. The predicted octanol–water partition coefficient (Wildman–Crippen LogP) is 0.336. The number of H-pyrrole nitrogens is 1. The average Bonchev–Trinajstić information content (AvgIpc) is 2.88. The number of fused-ring (bicyclic) bond motifs is 1. The normalized spacial score (nSPS) is 13.7. The Morgan fingerprint density at radius 2 is 2.14 bits per heavy atom. The Kier molecular flexibility index (Phi) is 4.56. The fraction of sp³-hybridized carbons (Fsp3) is 0.538. The number of nitrogens with zero attached hydrogens (tertiary/aromatic N) is 2. The minimum Gasteiger partial charge on any atom is -0.476 e. The largest absolute Gasteiger partial charge is 0.476 e. The molecule has 2 heterocycles. The summed E-state index contributed by atoms with van der Waals surface area (Å²) in [5, 5.41) is 15.5. The van der Waals surface area contributed by atoms with Crippen molar-refractivity contribution in [2.75, 3.05) is 13.2 Å². The van der Waals surface area contributed by atoms with Crippen LogP contribution in [0.25, 0.3) is 0 Å². The lowest BCUT2D eigenvalue weighted by molar-refractivity contribution is -0.145. The molecule has 1 aromatic rings. The minimum atomic E-state index is -1.12. The van der Waals surface area contributed by atoms with Gasteiger partial charge in [0.15, 0.2) is 5.69 Å². The third-order valence-electron chi connectivity index (χ3n) is 3.34. The Labute approximate surface area is 121 Å². The lowest BCUT2D eigenvalue weighted by Gasteiger charge is -2.26. The molecule has 21 heavy (non-hydrogen) atoms. The van der Waals surface area contributed by atoms with E-state index in [-0.39, 0.29) is 37.6 Å². The molecule has 0 unspecified atom stereocenters. The van der Waals surface area contributed by atoms with Crippen LogP contribution in [0, 0.1) is 0 Å². The van der Waals surface area contributed by atoms with Gasteiger partial charge in [-0.2, -0.15) is 5.10 Å². The Bertz CT molecular complexity index is 566. The van der Waals surface area contributed by atoms with E-state index in [9.17, 15) is 14.4 Å². The number of aromatic carboxylic acids is 1. The minimum absolute atomic E-state index is 0.0349. The van der Waals surface area contributed by atoms with Gasteiger partial charge in [0.1, 0.15) is 0 Å². The Balaban J connectivity index is 1.97. The number of hydrogen-bond acceptors (Lipinski definition) is 5. The monoisotopic (exact) mass is 295 g/mol. The number of aromatic amines is 1. The van der Waals surface area contributed by atoms with Crippen LogP contribution in [-0.4, -0.2) is 51.2 Å². The van der Waals surface area contributed by atoms with Crippen molar-refractivity contribution in [2.45, 2.75) is 32.7 Å². The third kappa shape index (κ3) is 3.39. The summed E-state index contributed by atoms with van der Waals surface area (Å²) in [5.41, 5.74) is 1.24. The summed E-state index contributed by atoms with van der Waals surface area (Å²) >= 11 is 0. The van der Waals surface area contributed by atoms with Crippen LogP contribution in [0.5, 0.6) is 0 Å². The number of esters is 1. The zero-order valence-electron chi connectivity index (χ0n) is 11.7. The molecule has 0 bridgehead atoms. The molecule has 8 heteroatoms. The standard InChI is InChI=1S/C13H17N3O5/c1-2-21-11(18)4-3-10(17)16-6-5-9-8(7-16)12(13(19)20)15-14-9/h2-7H2,1H3,(H,14,15)(H,19,20). The quantitative estimate of drug-likeness (QED) is 0.757. The van der Waals surface area contributed by atoms with Gasteiger partial charge in [0.2, 0.25) is 5.91 Å². The average molecular weight is 295 g/mol. The van der Waals surface area contributed by atoms with Crippen LogP contribution in [0.2, 0.25) is 0 Å². The van der Waals surface area contributed by atoms with Crippen molar-refractivity contribution < 1.29 is 24.2 Å². The van der Waals surface area contributed by atoms with Crippen LogP contribution in [0.15, 0.2) is 0 Å². The summed E-state index contributed by atoms with van der Waals surface area (Å²) in [6.45, 7) is 2.68. The maximum absolute atomic E-state index is 12.1. The van der Waals surface area contributed by atoms with Crippen LogP contribution in [0.4, 0.5) is 0 Å². The number of rotatable bonds is 5. The first kappa shape index (κ1) is 15.0. The number of aromatic nitrogens is 2. The number of carboxylic acids is 1. The maximum Gasteiger partial charge on any atom is 0.356 e. The second-order valence-corrected chi connectivity index (χ2v) is 4.70. The molecule has 2 N–H and O–H groups in total. The van der Waals surface area contributed by atoms with Gasteiger partial charge in [0.05, 0.1) is 13.0 Å². The van der Waals surface area contributed by atoms with Gasteiger partial charge in [-0.05, 0) is 6.92 Å². The van der Waals surface area contributed by atoms with E-state index < -0.39 is 11.9 Å². The molecule has 1 aliphatic heterocycles. The molecule has 1 amide bonds. The van der Waals surface area contributed by atoms with Crippen molar-refractivity contribution in [3.05, 3.63) is 17.0 Å². The first-order chi connectivity index (χ1) is 10.0. The van der Waals surface area contributed by atoms with E-state index in [1.54, 1.807) is 11.8 Å². The molecule has 0 radical (unpaired) electrons. The van der Waals surface area contributed by atoms with Crippen LogP contribution < -0.4 is 0 Å². The molecule has 1 aromatic heterocycles. The van der Waals surface area contributed by atoms with E-state index in [0.29, 0.717) is 18.5 Å². The molecule has 0 saturated carbocycles. The zero-order valence-corrected chi connectivity index (χ0v) is 11.7. The van der Waals surface area contributed by atoms with Crippen molar-refractivity contribution in [3.63, 3.8) is 0 Å². The number of amides is 1. The number of nitrogens with one attached hydrogen (secondary N) is 1. The molecule has 114 valence electrons. The predicted molar refractivity (Wildman–Crippen MR) is 70.5 cm³/mol. The number of ether oxygens (including phenoxy) is 1. The molecular formula is C13H17N3O5. The van der Waals surface area contributed by atoms with Gasteiger partial charge in [-0.15, -0.1) is 0 Å². The van der Waals surface area contributed by atoms with Gasteiger partial charge in [-0.25, -0.2) is 4.79 Å². The highest BCUT2D eigenvalue weighted by Crippen LogP contribution is 2.21. The Hall–Kier alpha value is -2.38. The van der Waals surface area contributed by atoms with Crippen LogP contribution in [-0.2, 0) is 27.3 Å². The smallest absolute Gasteiger partial charge is 0.356 e. The molecule has 1 aliphatic rings. The highest BCUT2D eigenvalue weighted by atomic mass is 16.5. The third-order valence-corrected chi connectivity index (χ3v) is 3.34. The molecule has 0 aliphatic carbocycles. The fourth-order valence-corrected chi connectivity index (χ4v) is 2.29. The lowest BCUT2D eigenvalue weighted by atomic mass is 10.0. The van der Waals surface area contributed by atoms with Crippen molar-refractivity contribution in [2.24, 2.45) is 0 Å². The second-order valence-electron chi connectivity index (χ2n) is 4.70. The van der Waals surface area contributed by atoms with Crippen LogP contribution in [0.3, 0.4) is 0 Å². The molecule has 8 nitrogen and oxygen atoms in total. The fourth-order valence-electron chi connectivity index (χ4n) is 2.29. The summed E-state index contributed by atoms with van der Waals surface area (Å²) in [5.74, 6) is -1.71. The van der Waals surface area contributed by atoms with Gasteiger partial charge in [0, 0.05) is 37.2 Å². The van der Waals surface area contributed by atoms with Gasteiger partial charge in [-0.1, -0.05) is 0 Å². The summed E-state index contributed by atoms with van der Waals surface area (Å²) in [6.07, 6.45) is 0.627. The molecule has 0 atom stereocenters. The van der Waals surface area contributed by atoms with Crippen molar-refractivity contribution in [1.29, 1.82) is 0 Å². The topological polar surface area (TPSA) is 113 Å². The molecule has 2 rings (SSSR count). The van der Waals surface area contributed by atoms with Gasteiger partial charge >= 0.3 is 11.9 Å². The maximum atomic E-state index is 12.1. The SMILES string of the molecule is CCOC(=O)CCC(=O)N1CCc2[nH]nc(C(=O)O)c2C1. The van der Waals surface area contributed by atoms with Gasteiger partial charge in [-0.3, -0.25) is 14.7 Å². The van der Waals surface area contributed by atoms with E-state index in [1.807, 2.05) is 0 Å². The highest BCUT2D eigenvalue weighted by molar-refractivity contribution is 5.88. The number of hydrogen-bond donors (Lipinski definition) is 2. The Morgan fingerprint density at radius 3 is 2.81 bits per heavy atom. The molecule has 0 saturated heterocycles. The van der Waals surface area contributed by atoms with Crippen molar-refractivity contribution >= 4 is 17.8 Å². The van der Waals surface area contributed by atoms with Gasteiger partial charge < -0.3 is 14.7 Å². The molecule has 0 aromatic carbocycles. The van der Waals surface area contributed by atoms with Crippen molar-refractivity contribution in [3.8, 4) is 0 Å².